The smallest absolute Gasteiger partial charge is 0.416 e. The molecule has 32 heavy (non-hydrogen) atoms. The van der Waals surface area contributed by atoms with Gasteiger partial charge in [-0.15, -0.1) is 0 Å². The number of amides is 2. The first-order valence-corrected chi connectivity index (χ1v) is 10.1. The van der Waals surface area contributed by atoms with Crippen molar-refractivity contribution in [1.82, 2.24) is 14.5 Å². The van der Waals surface area contributed by atoms with E-state index in [1.807, 2.05) is 0 Å². The van der Waals surface area contributed by atoms with Gasteiger partial charge in [0.1, 0.15) is 11.8 Å². The molecule has 1 saturated heterocycles. The van der Waals surface area contributed by atoms with E-state index in [0.717, 1.165) is 17.0 Å². The molecule has 0 aliphatic carbocycles. The van der Waals surface area contributed by atoms with Gasteiger partial charge in [-0.1, -0.05) is 12.1 Å². The number of fused-ring (bicyclic) bond motifs is 1. The van der Waals surface area contributed by atoms with Crippen molar-refractivity contribution in [1.29, 1.82) is 0 Å². The van der Waals surface area contributed by atoms with Crippen molar-refractivity contribution in [2.45, 2.75) is 31.7 Å². The van der Waals surface area contributed by atoms with Crippen LogP contribution in [0.4, 0.5) is 23.8 Å². The van der Waals surface area contributed by atoms with Crippen LogP contribution in [-0.2, 0) is 17.5 Å². The van der Waals surface area contributed by atoms with Gasteiger partial charge in [0.2, 0.25) is 0 Å². The number of imidazole rings is 1. The fraction of sp³-hybridized carbons (Fsp3) is 0.316. The summed E-state index contributed by atoms with van der Waals surface area (Å²) >= 11 is 0.705. The topological polar surface area (TPSA) is 108 Å². The molecule has 168 valence electrons. The number of aromatic nitrogens is 2. The van der Waals surface area contributed by atoms with E-state index >= 15 is 0 Å². The molecular weight excluding hydrogens is 453 g/mol. The van der Waals surface area contributed by atoms with Crippen LogP contribution in [0.15, 0.2) is 35.4 Å². The Hall–Kier alpha value is -3.35. The van der Waals surface area contributed by atoms with E-state index in [1.54, 1.807) is 6.92 Å². The molecule has 1 atom stereocenters. The van der Waals surface area contributed by atoms with Crippen molar-refractivity contribution in [3.05, 3.63) is 56.6 Å². The second kappa shape index (κ2) is 7.65. The predicted molar refractivity (Wildman–Crippen MR) is 107 cm³/mol. The summed E-state index contributed by atoms with van der Waals surface area (Å²) in [5.74, 6) is -0.878. The van der Waals surface area contributed by atoms with Gasteiger partial charge in [-0.05, 0) is 47.4 Å². The maximum atomic E-state index is 12.7. The molecule has 4 rings (SSSR count). The number of carbonyl (C=O) groups is 2. The minimum absolute atomic E-state index is 0.0401. The number of alkyl halides is 3. The summed E-state index contributed by atoms with van der Waals surface area (Å²) in [5.41, 5.74) is -1.26. The zero-order chi connectivity index (χ0) is 23.3. The maximum Gasteiger partial charge on any atom is 0.416 e. The van der Waals surface area contributed by atoms with E-state index in [0.29, 0.717) is 17.3 Å². The molecule has 0 bridgehead atoms. The lowest BCUT2D eigenvalue weighted by Crippen LogP contribution is -2.38. The van der Waals surface area contributed by atoms with Crippen molar-refractivity contribution in [3.8, 4) is 6.01 Å². The second-order valence-corrected chi connectivity index (χ2v) is 8.51. The summed E-state index contributed by atoms with van der Waals surface area (Å²) in [6, 6.07) is 4.36. The lowest BCUT2D eigenvalue weighted by molar-refractivity contribution is -0.389. The average molecular weight is 468 g/mol. The van der Waals surface area contributed by atoms with Crippen molar-refractivity contribution in [2.24, 2.45) is 0 Å². The highest BCUT2D eigenvalue weighted by Crippen LogP contribution is 2.36. The van der Waals surface area contributed by atoms with Gasteiger partial charge in [0.15, 0.2) is 0 Å². The Morgan fingerprint density at radius 3 is 2.59 bits per heavy atom. The van der Waals surface area contributed by atoms with Gasteiger partial charge in [-0.25, -0.2) is 0 Å². The molecular formula is C19H15F3N4O5S. The van der Waals surface area contributed by atoms with E-state index in [9.17, 15) is 32.9 Å². The Labute approximate surface area is 183 Å². The number of hydrogen-bond acceptors (Lipinski definition) is 7. The highest BCUT2D eigenvalue weighted by molar-refractivity contribution is 8.18. The Morgan fingerprint density at radius 2 is 2.00 bits per heavy atom. The summed E-state index contributed by atoms with van der Waals surface area (Å²) in [7, 11) is 0. The van der Waals surface area contributed by atoms with Crippen LogP contribution in [0, 0.1) is 10.1 Å². The Bertz CT molecular complexity index is 1120. The van der Waals surface area contributed by atoms with Crippen molar-refractivity contribution < 1.29 is 32.4 Å². The lowest BCUT2D eigenvalue weighted by Gasteiger charge is -2.24. The number of carbonyl (C=O) groups excluding carboxylic acids is 2. The highest BCUT2D eigenvalue weighted by atomic mass is 32.2. The molecule has 0 N–H and O–H groups in total. The summed E-state index contributed by atoms with van der Waals surface area (Å²) in [4.78, 5) is 40.1. The number of benzene rings is 1. The minimum atomic E-state index is -4.46. The molecule has 0 saturated carbocycles. The SMILES string of the molecule is CC1(CCN2C(=O)SC(=Cc3ccc(C(F)(F)F)cc3)C2=O)Cn2cc([N+](=O)[O-])nc2O1. The van der Waals surface area contributed by atoms with Crippen LogP contribution in [0.5, 0.6) is 6.01 Å². The van der Waals surface area contributed by atoms with Crippen molar-refractivity contribution in [3.63, 3.8) is 0 Å². The van der Waals surface area contributed by atoms with Crippen LogP contribution < -0.4 is 4.74 Å². The number of nitro groups is 1. The third-order valence-electron chi connectivity index (χ3n) is 5.03. The summed E-state index contributed by atoms with van der Waals surface area (Å²) in [6.45, 7) is 2.05. The second-order valence-electron chi connectivity index (χ2n) is 7.52. The van der Waals surface area contributed by atoms with Crippen molar-refractivity contribution in [2.75, 3.05) is 6.54 Å². The van der Waals surface area contributed by atoms with Crippen LogP contribution in [0.3, 0.4) is 0 Å². The molecule has 1 fully saturated rings. The zero-order valence-corrected chi connectivity index (χ0v) is 17.3. The van der Waals surface area contributed by atoms with E-state index in [1.165, 1.54) is 29.0 Å². The van der Waals surface area contributed by atoms with Crippen LogP contribution >= 0.6 is 11.8 Å². The van der Waals surface area contributed by atoms with Crippen LogP contribution in [0.2, 0.25) is 0 Å². The number of hydrogen-bond donors (Lipinski definition) is 0. The van der Waals surface area contributed by atoms with Crippen molar-refractivity contribution >= 4 is 34.8 Å². The number of ether oxygens (including phenoxy) is 1. The van der Waals surface area contributed by atoms with Gasteiger partial charge in [0.25, 0.3) is 11.1 Å². The van der Waals surface area contributed by atoms with Crippen LogP contribution in [0.1, 0.15) is 24.5 Å². The number of thioether (sulfide) groups is 1. The van der Waals surface area contributed by atoms with Gasteiger partial charge >= 0.3 is 18.0 Å². The molecule has 13 heteroatoms. The molecule has 9 nitrogen and oxygen atoms in total. The van der Waals surface area contributed by atoms with Gasteiger partial charge < -0.3 is 14.9 Å². The third-order valence-corrected chi connectivity index (χ3v) is 5.94. The van der Waals surface area contributed by atoms with Gasteiger partial charge in [0, 0.05) is 17.9 Å². The Balaban J connectivity index is 1.40. The molecule has 1 unspecified atom stereocenters. The molecule has 1 aromatic heterocycles. The number of rotatable bonds is 5. The minimum Gasteiger partial charge on any atom is -0.438 e. The lowest BCUT2D eigenvalue weighted by atomic mass is 10.0. The van der Waals surface area contributed by atoms with Crippen LogP contribution in [-0.4, -0.2) is 42.7 Å². The molecule has 3 heterocycles. The monoisotopic (exact) mass is 468 g/mol. The molecule has 2 amide bonds. The molecule has 1 aromatic carbocycles. The normalized spacial score (nSPS) is 21.9. The summed E-state index contributed by atoms with van der Waals surface area (Å²) in [6.07, 6.45) is -1.58. The fourth-order valence-corrected chi connectivity index (χ4v) is 4.24. The Kier molecular flexibility index (Phi) is 5.23. The fourth-order valence-electron chi connectivity index (χ4n) is 3.37. The zero-order valence-electron chi connectivity index (χ0n) is 16.5. The van der Waals surface area contributed by atoms with Gasteiger partial charge in [-0.3, -0.25) is 19.1 Å². The third kappa shape index (κ3) is 4.20. The molecule has 2 aliphatic heterocycles. The molecule has 0 spiro atoms. The molecule has 2 aliphatic rings. The maximum absolute atomic E-state index is 12.7. The number of imide groups is 1. The first kappa shape index (κ1) is 21.9. The standard InChI is InChI=1S/C19H15F3N4O5S/c1-18(10-24-9-14(26(29)30)23-16(24)31-18)6-7-25-15(27)13(32-17(25)28)8-11-2-4-12(5-3-11)19(20,21)22/h2-5,8-9H,6-7,10H2,1H3. The molecule has 0 radical (unpaired) electrons. The number of halogens is 3. The number of nitrogens with zero attached hydrogens (tertiary/aromatic N) is 4. The first-order valence-electron chi connectivity index (χ1n) is 9.28. The first-order chi connectivity index (χ1) is 14.9. The van der Waals surface area contributed by atoms with Crippen LogP contribution in [0.25, 0.3) is 6.08 Å². The van der Waals surface area contributed by atoms with E-state index in [-0.39, 0.29) is 36.2 Å². The quantitative estimate of drug-likeness (QED) is 0.370. The predicted octanol–water partition coefficient (Wildman–Crippen LogP) is 4.09. The summed E-state index contributed by atoms with van der Waals surface area (Å²) in [5, 5.41) is 10.3. The Morgan fingerprint density at radius 1 is 1.31 bits per heavy atom. The van der Waals surface area contributed by atoms with E-state index < -0.39 is 33.4 Å². The summed E-state index contributed by atoms with van der Waals surface area (Å²) < 4.78 is 45.2. The highest BCUT2D eigenvalue weighted by Gasteiger charge is 2.42. The van der Waals surface area contributed by atoms with Gasteiger partial charge in [-0.2, -0.15) is 13.2 Å². The van der Waals surface area contributed by atoms with E-state index in [4.69, 9.17) is 4.74 Å². The molecule has 2 aromatic rings. The average Bonchev–Trinajstić information content (AvgIpc) is 3.30. The van der Waals surface area contributed by atoms with E-state index in [2.05, 4.69) is 4.98 Å². The van der Waals surface area contributed by atoms with Gasteiger partial charge in [0.05, 0.1) is 17.0 Å². The largest absolute Gasteiger partial charge is 0.438 e.